The van der Waals surface area contributed by atoms with Gasteiger partial charge in [-0.1, -0.05) is 43.2 Å². The first kappa shape index (κ1) is 21.2. The van der Waals surface area contributed by atoms with E-state index in [1.165, 1.54) is 5.56 Å². The molecule has 6 heteroatoms. The number of nitrogens with zero attached hydrogens (tertiary/aromatic N) is 1. The lowest BCUT2D eigenvalue weighted by molar-refractivity contribution is 0.0574. The molecule has 3 N–H and O–H groups in total. The van der Waals surface area contributed by atoms with E-state index in [0.717, 1.165) is 38.2 Å². The van der Waals surface area contributed by atoms with E-state index >= 15 is 0 Å². The Labute approximate surface area is 162 Å². The van der Waals surface area contributed by atoms with Crippen molar-refractivity contribution in [3.8, 4) is 0 Å². The van der Waals surface area contributed by atoms with E-state index in [1.54, 1.807) is 0 Å². The van der Waals surface area contributed by atoms with E-state index in [9.17, 15) is 5.11 Å². The topological polar surface area (TPSA) is 65.9 Å². The van der Waals surface area contributed by atoms with Gasteiger partial charge in [0.25, 0.3) is 0 Å². The molecular weight excluding hydrogens is 417 g/mol. The van der Waals surface area contributed by atoms with Crippen LogP contribution in [-0.2, 0) is 11.3 Å². The van der Waals surface area contributed by atoms with Gasteiger partial charge in [0.2, 0.25) is 0 Å². The van der Waals surface area contributed by atoms with Crippen LogP contribution >= 0.6 is 24.0 Å². The number of hydrogen-bond acceptors (Lipinski definition) is 3. The van der Waals surface area contributed by atoms with Gasteiger partial charge in [-0.25, -0.2) is 0 Å². The fraction of sp³-hybridized carbons (Fsp3) is 0.611. The zero-order valence-electron chi connectivity index (χ0n) is 14.5. The van der Waals surface area contributed by atoms with Crippen LogP contribution in [0.15, 0.2) is 35.3 Å². The van der Waals surface area contributed by atoms with Gasteiger partial charge in [0, 0.05) is 13.1 Å². The lowest BCUT2D eigenvalue weighted by Gasteiger charge is -2.20. The smallest absolute Gasteiger partial charge is 0.191 e. The molecule has 0 saturated heterocycles. The van der Waals surface area contributed by atoms with Gasteiger partial charge in [0.1, 0.15) is 0 Å². The summed E-state index contributed by atoms with van der Waals surface area (Å²) in [6.07, 6.45) is 3.92. The summed E-state index contributed by atoms with van der Waals surface area (Å²) in [5, 5.41) is 16.8. The molecule has 0 amide bonds. The number of guanidine groups is 1. The number of rotatable bonds is 8. The number of nitrogens with one attached hydrogen (secondary N) is 2. The maximum Gasteiger partial charge on any atom is 0.191 e. The number of aliphatic imine (C=N–C) groups is 1. The predicted octanol–water partition coefficient (Wildman–Crippen LogP) is 2.68. The first-order valence-corrected chi connectivity index (χ1v) is 8.58. The Morgan fingerprint density at radius 3 is 2.58 bits per heavy atom. The molecule has 0 heterocycles. The van der Waals surface area contributed by atoms with Crippen molar-refractivity contribution >= 4 is 29.9 Å². The van der Waals surface area contributed by atoms with Gasteiger partial charge < -0.3 is 20.5 Å². The largest absolute Gasteiger partial charge is 0.388 e. The Kier molecular flexibility index (Phi) is 10.3. The minimum Gasteiger partial charge on any atom is -0.388 e. The van der Waals surface area contributed by atoms with Crippen LogP contribution in [0.1, 0.15) is 38.2 Å². The second-order valence-corrected chi connectivity index (χ2v) is 6.09. The quantitative estimate of drug-likeness (QED) is 0.248. The van der Waals surface area contributed by atoms with Crippen LogP contribution in [0.25, 0.3) is 0 Å². The molecule has 24 heavy (non-hydrogen) atoms. The van der Waals surface area contributed by atoms with Crippen LogP contribution in [0.3, 0.4) is 0 Å². The first-order chi connectivity index (χ1) is 11.2. The van der Waals surface area contributed by atoms with Crippen LogP contribution in [0.5, 0.6) is 0 Å². The Morgan fingerprint density at radius 2 is 1.92 bits per heavy atom. The molecule has 0 aliphatic heterocycles. The molecule has 5 nitrogen and oxygen atoms in total. The van der Waals surface area contributed by atoms with E-state index in [-0.39, 0.29) is 24.0 Å². The van der Waals surface area contributed by atoms with Crippen molar-refractivity contribution in [3.63, 3.8) is 0 Å². The van der Waals surface area contributed by atoms with Crippen molar-refractivity contribution in [3.05, 3.63) is 35.9 Å². The molecule has 1 saturated carbocycles. The molecule has 0 aromatic heterocycles. The van der Waals surface area contributed by atoms with Crippen molar-refractivity contribution in [2.75, 3.05) is 26.2 Å². The number of benzene rings is 1. The zero-order valence-corrected chi connectivity index (χ0v) is 16.8. The highest BCUT2D eigenvalue weighted by molar-refractivity contribution is 14.0. The van der Waals surface area contributed by atoms with Crippen molar-refractivity contribution in [1.82, 2.24) is 10.6 Å². The van der Waals surface area contributed by atoms with Gasteiger partial charge in [-0.3, -0.25) is 4.99 Å². The average Bonchev–Trinajstić information content (AvgIpc) is 3.00. The third kappa shape index (κ3) is 7.81. The number of halogens is 1. The Bertz CT molecular complexity index is 476. The van der Waals surface area contributed by atoms with Crippen molar-refractivity contribution in [1.29, 1.82) is 0 Å². The number of ether oxygens (including phenoxy) is 1. The fourth-order valence-electron chi connectivity index (χ4n) is 2.77. The molecule has 0 unspecified atom stereocenters. The molecule has 0 radical (unpaired) electrons. The third-order valence-corrected chi connectivity index (χ3v) is 4.06. The predicted molar refractivity (Wildman–Crippen MR) is 109 cm³/mol. The maximum absolute atomic E-state index is 10.4. The highest BCUT2D eigenvalue weighted by Gasteiger charge is 2.30. The fourth-order valence-corrected chi connectivity index (χ4v) is 2.77. The zero-order chi connectivity index (χ0) is 16.4. The summed E-state index contributed by atoms with van der Waals surface area (Å²) in [6.45, 7) is 5.23. The molecule has 2 rings (SSSR count). The standard InChI is InChI=1S/C18H29N3O2.HI/c1-2-19-17(21-15-18(22)10-6-7-11-18)20-12-13-23-14-16-8-4-3-5-9-16;/h3-5,8-9,22H,2,6-7,10-15H2,1H3,(H2,19,20,21);1H. The van der Waals surface area contributed by atoms with Crippen molar-refractivity contribution in [2.45, 2.75) is 44.8 Å². The van der Waals surface area contributed by atoms with Crippen LogP contribution in [0.2, 0.25) is 0 Å². The maximum atomic E-state index is 10.4. The molecular formula is C18H30IN3O2. The van der Waals surface area contributed by atoms with Gasteiger partial charge in [-0.15, -0.1) is 24.0 Å². The van der Waals surface area contributed by atoms with Crippen LogP contribution in [-0.4, -0.2) is 42.9 Å². The molecule has 0 spiro atoms. The van der Waals surface area contributed by atoms with Crippen LogP contribution in [0.4, 0.5) is 0 Å². The molecule has 1 aromatic carbocycles. The lowest BCUT2D eigenvalue weighted by Crippen LogP contribution is -2.40. The monoisotopic (exact) mass is 447 g/mol. The highest BCUT2D eigenvalue weighted by atomic mass is 127. The number of aliphatic hydroxyl groups is 1. The molecule has 0 atom stereocenters. The van der Waals surface area contributed by atoms with Gasteiger partial charge >= 0.3 is 0 Å². The minimum absolute atomic E-state index is 0. The molecule has 1 aliphatic rings. The number of hydrogen-bond donors (Lipinski definition) is 3. The van der Waals surface area contributed by atoms with Gasteiger partial charge in [-0.05, 0) is 25.3 Å². The van der Waals surface area contributed by atoms with E-state index in [4.69, 9.17) is 4.74 Å². The van der Waals surface area contributed by atoms with E-state index in [2.05, 4.69) is 27.8 Å². The second kappa shape index (κ2) is 11.7. The summed E-state index contributed by atoms with van der Waals surface area (Å²) in [7, 11) is 0. The summed E-state index contributed by atoms with van der Waals surface area (Å²) in [4.78, 5) is 4.51. The summed E-state index contributed by atoms with van der Waals surface area (Å²) >= 11 is 0. The summed E-state index contributed by atoms with van der Waals surface area (Å²) < 4.78 is 5.65. The molecule has 1 aromatic rings. The van der Waals surface area contributed by atoms with E-state index in [1.807, 2.05) is 25.1 Å². The van der Waals surface area contributed by atoms with Crippen molar-refractivity contribution in [2.24, 2.45) is 4.99 Å². The molecule has 1 aliphatic carbocycles. The summed E-state index contributed by atoms with van der Waals surface area (Å²) in [5.41, 5.74) is 0.572. The Hall–Kier alpha value is -0.860. The second-order valence-electron chi connectivity index (χ2n) is 6.09. The Morgan fingerprint density at radius 1 is 1.21 bits per heavy atom. The Balaban J connectivity index is 0.00000288. The van der Waals surface area contributed by atoms with Crippen molar-refractivity contribution < 1.29 is 9.84 Å². The highest BCUT2D eigenvalue weighted by Crippen LogP contribution is 2.29. The lowest BCUT2D eigenvalue weighted by atomic mass is 10.0. The van der Waals surface area contributed by atoms with Gasteiger partial charge in [0.05, 0.1) is 25.4 Å². The summed E-state index contributed by atoms with van der Waals surface area (Å²) in [5.74, 6) is 0.746. The average molecular weight is 447 g/mol. The molecule has 136 valence electrons. The minimum atomic E-state index is -0.605. The van der Waals surface area contributed by atoms with Gasteiger partial charge in [0.15, 0.2) is 5.96 Å². The summed E-state index contributed by atoms with van der Waals surface area (Å²) in [6, 6.07) is 10.1. The first-order valence-electron chi connectivity index (χ1n) is 8.58. The van der Waals surface area contributed by atoms with Crippen LogP contribution in [0, 0.1) is 0 Å². The van der Waals surface area contributed by atoms with E-state index in [0.29, 0.717) is 26.3 Å². The SMILES string of the molecule is CCNC(=NCC1(O)CCCC1)NCCOCc1ccccc1.I. The normalized spacial score (nSPS) is 16.5. The van der Waals surface area contributed by atoms with Gasteiger partial charge in [-0.2, -0.15) is 0 Å². The molecule has 0 bridgehead atoms. The third-order valence-electron chi connectivity index (χ3n) is 4.06. The van der Waals surface area contributed by atoms with Crippen LogP contribution < -0.4 is 10.6 Å². The molecule has 1 fully saturated rings. The van der Waals surface area contributed by atoms with E-state index < -0.39 is 5.60 Å².